The van der Waals surface area contributed by atoms with Crippen LogP contribution in [0.25, 0.3) is 0 Å². The lowest BCUT2D eigenvalue weighted by molar-refractivity contribution is -0.133. The van der Waals surface area contributed by atoms with Crippen molar-refractivity contribution in [1.29, 1.82) is 0 Å². The lowest BCUT2D eigenvalue weighted by atomic mass is 10.0. The molecule has 1 aliphatic heterocycles. The van der Waals surface area contributed by atoms with Gasteiger partial charge in [0.1, 0.15) is 11.8 Å². The zero-order valence-corrected chi connectivity index (χ0v) is 15.4. The third-order valence-corrected chi connectivity index (χ3v) is 4.70. The second-order valence-corrected chi connectivity index (χ2v) is 6.47. The Labute approximate surface area is 155 Å². The second-order valence-electron chi connectivity index (χ2n) is 6.47. The number of hydrogen-bond acceptors (Lipinski definition) is 4. The Morgan fingerprint density at radius 2 is 1.81 bits per heavy atom. The smallest absolute Gasteiger partial charge is 0.241 e. The Bertz CT molecular complexity index is 703. The maximum atomic E-state index is 12.9. The zero-order chi connectivity index (χ0) is 18.4. The Balaban J connectivity index is 1.60. The number of benzene rings is 2. The number of likely N-dealkylation sites (N-methyl/N-ethyl adjacent to an activating group) is 1. The number of nitrogens with one attached hydrogen (secondary N) is 2. The van der Waals surface area contributed by atoms with E-state index in [0.29, 0.717) is 19.7 Å². The fourth-order valence-corrected chi connectivity index (χ4v) is 3.27. The van der Waals surface area contributed by atoms with Crippen molar-refractivity contribution in [2.45, 2.75) is 38.9 Å². The minimum Gasteiger partial charge on any atom is -0.494 e. The van der Waals surface area contributed by atoms with Crippen LogP contribution in [0.3, 0.4) is 0 Å². The van der Waals surface area contributed by atoms with E-state index in [0.717, 1.165) is 23.3 Å². The van der Waals surface area contributed by atoms with Crippen molar-refractivity contribution in [3.63, 3.8) is 0 Å². The highest BCUT2D eigenvalue weighted by Gasteiger charge is 2.32. The number of hydrazine groups is 1. The van der Waals surface area contributed by atoms with Gasteiger partial charge in [0.25, 0.3) is 0 Å². The molecule has 2 aromatic carbocycles. The Kier molecular flexibility index (Phi) is 6.26. The van der Waals surface area contributed by atoms with Gasteiger partial charge < -0.3 is 9.64 Å². The summed E-state index contributed by atoms with van der Waals surface area (Å²) in [5.74, 6) is 1.01. The van der Waals surface area contributed by atoms with Gasteiger partial charge >= 0.3 is 0 Å². The molecule has 1 amide bonds. The summed E-state index contributed by atoms with van der Waals surface area (Å²) in [7, 11) is 0. The summed E-state index contributed by atoms with van der Waals surface area (Å²) in [6.07, 6.45) is 0.734. The summed E-state index contributed by atoms with van der Waals surface area (Å²) >= 11 is 0. The molecule has 2 N–H and O–H groups in total. The van der Waals surface area contributed by atoms with Crippen LogP contribution in [0.15, 0.2) is 54.6 Å². The summed E-state index contributed by atoms with van der Waals surface area (Å²) < 4.78 is 5.49. The van der Waals surface area contributed by atoms with E-state index < -0.39 is 0 Å². The van der Waals surface area contributed by atoms with Crippen molar-refractivity contribution >= 4 is 5.91 Å². The third-order valence-electron chi connectivity index (χ3n) is 4.70. The predicted molar refractivity (Wildman–Crippen MR) is 103 cm³/mol. The first kappa shape index (κ1) is 18.4. The van der Waals surface area contributed by atoms with E-state index in [1.54, 1.807) is 0 Å². The van der Waals surface area contributed by atoms with Crippen LogP contribution in [0, 0.1) is 0 Å². The molecule has 138 valence electrons. The molecule has 1 heterocycles. The van der Waals surface area contributed by atoms with Gasteiger partial charge in [-0.05, 0) is 43.5 Å². The number of nitrogens with zero attached hydrogens (tertiary/aromatic N) is 1. The van der Waals surface area contributed by atoms with Crippen LogP contribution in [-0.2, 0) is 11.3 Å². The molecule has 1 fully saturated rings. The molecule has 5 heteroatoms. The second kappa shape index (κ2) is 8.83. The van der Waals surface area contributed by atoms with Crippen molar-refractivity contribution in [3.05, 3.63) is 65.7 Å². The quantitative estimate of drug-likeness (QED) is 0.803. The van der Waals surface area contributed by atoms with Gasteiger partial charge in [-0.15, -0.1) is 0 Å². The highest BCUT2D eigenvalue weighted by Crippen LogP contribution is 2.25. The Hall–Kier alpha value is -2.37. The van der Waals surface area contributed by atoms with Gasteiger partial charge in [-0.25, -0.2) is 10.9 Å². The van der Waals surface area contributed by atoms with E-state index in [2.05, 4.69) is 35.1 Å². The van der Waals surface area contributed by atoms with Crippen LogP contribution in [0.2, 0.25) is 0 Å². The summed E-state index contributed by atoms with van der Waals surface area (Å²) in [5.41, 5.74) is 8.74. The van der Waals surface area contributed by atoms with Crippen molar-refractivity contribution < 1.29 is 9.53 Å². The van der Waals surface area contributed by atoms with E-state index in [1.807, 2.05) is 49.1 Å². The maximum Gasteiger partial charge on any atom is 0.241 e. The van der Waals surface area contributed by atoms with Crippen LogP contribution >= 0.6 is 0 Å². The molecule has 0 bridgehead atoms. The molecule has 0 radical (unpaired) electrons. The summed E-state index contributed by atoms with van der Waals surface area (Å²) in [6.45, 7) is 5.99. The molecule has 2 atom stereocenters. The first-order valence-electron chi connectivity index (χ1n) is 9.27. The lowest BCUT2D eigenvalue weighted by Crippen LogP contribution is -2.45. The van der Waals surface area contributed by atoms with Gasteiger partial charge in [-0.1, -0.05) is 42.5 Å². The number of amides is 1. The van der Waals surface area contributed by atoms with Crippen molar-refractivity contribution in [2.75, 3.05) is 13.2 Å². The first-order chi connectivity index (χ1) is 12.7. The predicted octanol–water partition coefficient (Wildman–Crippen LogP) is 3.04. The number of rotatable bonds is 7. The highest BCUT2D eigenvalue weighted by molar-refractivity contribution is 5.82. The van der Waals surface area contributed by atoms with E-state index in [4.69, 9.17) is 4.74 Å². The molecule has 26 heavy (non-hydrogen) atoms. The van der Waals surface area contributed by atoms with Crippen molar-refractivity contribution in [2.24, 2.45) is 0 Å². The van der Waals surface area contributed by atoms with Gasteiger partial charge in [0.2, 0.25) is 5.91 Å². The van der Waals surface area contributed by atoms with Crippen molar-refractivity contribution in [3.8, 4) is 5.75 Å². The van der Waals surface area contributed by atoms with Gasteiger partial charge in [-0.2, -0.15) is 0 Å². The van der Waals surface area contributed by atoms with Crippen LogP contribution in [-0.4, -0.2) is 30.0 Å². The summed E-state index contributed by atoms with van der Waals surface area (Å²) in [6, 6.07) is 18.1. The van der Waals surface area contributed by atoms with E-state index in [1.165, 1.54) is 0 Å². The molecule has 5 nitrogen and oxygen atoms in total. The molecular weight excluding hydrogens is 326 g/mol. The SMILES string of the molecule is CCOc1ccc(C2CC(C(=O)N(CC)Cc3ccccc3)NN2)cc1. The Morgan fingerprint density at radius 3 is 2.46 bits per heavy atom. The molecule has 0 spiro atoms. The van der Waals surface area contributed by atoms with Gasteiger partial charge in [0.05, 0.1) is 6.61 Å². The monoisotopic (exact) mass is 353 g/mol. The summed E-state index contributed by atoms with van der Waals surface area (Å²) in [4.78, 5) is 14.8. The largest absolute Gasteiger partial charge is 0.494 e. The van der Waals surface area contributed by atoms with Crippen LogP contribution < -0.4 is 15.6 Å². The molecule has 3 rings (SSSR count). The lowest BCUT2D eigenvalue weighted by Gasteiger charge is -2.24. The molecule has 0 aromatic heterocycles. The van der Waals surface area contributed by atoms with Gasteiger partial charge in [0.15, 0.2) is 0 Å². The minimum absolute atomic E-state index is 0.120. The van der Waals surface area contributed by atoms with Crippen LogP contribution in [0.4, 0.5) is 0 Å². The molecule has 2 aromatic rings. The fraction of sp³-hybridized carbons (Fsp3) is 0.381. The topological polar surface area (TPSA) is 53.6 Å². The van der Waals surface area contributed by atoms with Gasteiger partial charge in [-0.3, -0.25) is 4.79 Å². The average Bonchev–Trinajstić information content (AvgIpc) is 3.17. The van der Waals surface area contributed by atoms with E-state index in [-0.39, 0.29) is 18.0 Å². The van der Waals surface area contributed by atoms with E-state index >= 15 is 0 Å². The molecule has 1 saturated heterocycles. The standard InChI is InChI=1S/C21H27N3O2/c1-3-24(15-16-8-6-5-7-9-16)21(25)20-14-19(22-23-20)17-10-12-18(13-11-17)26-4-2/h5-13,19-20,22-23H,3-4,14-15H2,1-2H3. The average molecular weight is 353 g/mol. The molecule has 0 saturated carbocycles. The normalized spacial score (nSPS) is 19.3. The molecule has 0 aliphatic carbocycles. The number of carbonyl (C=O) groups excluding carboxylic acids is 1. The summed E-state index contributed by atoms with van der Waals surface area (Å²) in [5, 5.41) is 0. The Morgan fingerprint density at radius 1 is 1.08 bits per heavy atom. The minimum atomic E-state index is -0.213. The zero-order valence-electron chi connectivity index (χ0n) is 15.4. The number of carbonyl (C=O) groups is 1. The first-order valence-corrected chi connectivity index (χ1v) is 9.27. The van der Waals surface area contributed by atoms with E-state index in [9.17, 15) is 4.79 Å². The molecule has 2 unspecified atom stereocenters. The maximum absolute atomic E-state index is 12.9. The van der Waals surface area contributed by atoms with Crippen molar-refractivity contribution in [1.82, 2.24) is 15.8 Å². The highest BCUT2D eigenvalue weighted by atomic mass is 16.5. The number of ether oxygens (including phenoxy) is 1. The third kappa shape index (κ3) is 4.42. The van der Waals surface area contributed by atoms with Gasteiger partial charge in [0, 0.05) is 19.1 Å². The number of hydrogen-bond donors (Lipinski definition) is 2. The molecule has 1 aliphatic rings. The van der Waals surface area contributed by atoms with Crippen LogP contribution in [0.1, 0.15) is 37.4 Å². The fourth-order valence-electron chi connectivity index (χ4n) is 3.27. The van der Waals surface area contributed by atoms with Crippen LogP contribution in [0.5, 0.6) is 5.75 Å². The molecular formula is C21H27N3O2.